The Bertz CT molecular complexity index is 1260. The van der Waals surface area contributed by atoms with Crippen LogP contribution in [0, 0.1) is 12.8 Å². The molecule has 1 fully saturated rings. The van der Waals surface area contributed by atoms with Gasteiger partial charge in [-0.2, -0.15) is 16.1 Å². The normalized spacial score (nSPS) is 15.0. The summed E-state index contributed by atoms with van der Waals surface area (Å²) >= 11 is 1.60. The van der Waals surface area contributed by atoms with Gasteiger partial charge in [-0.25, -0.2) is 13.2 Å². The third kappa shape index (κ3) is 9.58. The zero-order valence-electron chi connectivity index (χ0n) is 25.0. The predicted molar refractivity (Wildman–Crippen MR) is 169 cm³/mol. The van der Waals surface area contributed by atoms with Gasteiger partial charge in [-0.15, -0.1) is 0 Å². The molecule has 1 atom stereocenters. The maximum absolute atomic E-state index is 13.6. The summed E-state index contributed by atoms with van der Waals surface area (Å²) in [5.74, 6) is 0.557. The number of aryl methyl sites for hydroxylation is 1. The second-order valence-corrected chi connectivity index (χ2v) is 14.0. The summed E-state index contributed by atoms with van der Waals surface area (Å²) in [6, 6.07) is 12.6. The zero-order valence-corrected chi connectivity index (χ0v) is 26.6. The molecule has 2 aromatic carbocycles. The van der Waals surface area contributed by atoms with E-state index >= 15 is 0 Å². The van der Waals surface area contributed by atoms with Crippen LogP contribution < -0.4 is 5.32 Å². The Morgan fingerprint density at radius 2 is 1.83 bits per heavy atom. The molecule has 9 heteroatoms. The van der Waals surface area contributed by atoms with Crippen molar-refractivity contribution in [3.05, 3.63) is 59.2 Å². The van der Waals surface area contributed by atoms with Crippen LogP contribution in [0.3, 0.4) is 0 Å². The largest absolute Gasteiger partial charge is 0.467 e. The highest BCUT2D eigenvalue weighted by molar-refractivity contribution is 7.98. The average molecular weight is 603 g/mol. The molecule has 3 rings (SSSR count). The van der Waals surface area contributed by atoms with Crippen LogP contribution in [0.1, 0.15) is 79.8 Å². The molecule has 41 heavy (non-hydrogen) atoms. The van der Waals surface area contributed by atoms with E-state index in [0.29, 0.717) is 42.2 Å². The van der Waals surface area contributed by atoms with Crippen molar-refractivity contribution in [1.82, 2.24) is 9.62 Å². The van der Waals surface area contributed by atoms with Gasteiger partial charge >= 0.3 is 5.97 Å². The molecule has 1 aliphatic carbocycles. The van der Waals surface area contributed by atoms with E-state index in [-0.39, 0.29) is 18.2 Å². The van der Waals surface area contributed by atoms with Gasteiger partial charge in [0, 0.05) is 18.7 Å². The Kier molecular flexibility index (Phi) is 13.2. The van der Waals surface area contributed by atoms with Crippen molar-refractivity contribution < 1.29 is 22.7 Å². The van der Waals surface area contributed by atoms with Crippen molar-refractivity contribution in [2.45, 2.75) is 77.8 Å². The molecule has 0 aromatic heterocycles. The molecule has 0 saturated heterocycles. The van der Waals surface area contributed by atoms with E-state index in [1.54, 1.807) is 22.1 Å². The molecule has 1 N–H and O–H groups in total. The second kappa shape index (κ2) is 16.3. The first kappa shape index (κ1) is 33.1. The number of nitrogens with one attached hydrogen (secondary N) is 1. The van der Waals surface area contributed by atoms with Gasteiger partial charge in [-0.1, -0.05) is 69.4 Å². The number of ether oxygens (including phenoxy) is 1. The quantitative estimate of drug-likeness (QED) is 0.244. The van der Waals surface area contributed by atoms with E-state index in [1.165, 1.54) is 39.2 Å². The number of amides is 1. The lowest BCUT2D eigenvalue weighted by Crippen LogP contribution is -2.42. The molecule has 226 valence electrons. The highest BCUT2D eigenvalue weighted by Crippen LogP contribution is 2.30. The van der Waals surface area contributed by atoms with Crippen LogP contribution in [0.25, 0.3) is 11.1 Å². The van der Waals surface area contributed by atoms with Crippen LogP contribution in [0.15, 0.2) is 42.5 Å². The molecule has 1 saturated carbocycles. The van der Waals surface area contributed by atoms with E-state index < -0.39 is 22.0 Å². The summed E-state index contributed by atoms with van der Waals surface area (Å²) in [5, 5.41) is 2.87. The van der Waals surface area contributed by atoms with Crippen molar-refractivity contribution in [3.63, 3.8) is 0 Å². The van der Waals surface area contributed by atoms with Gasteiger partial charge in [0.1, 0.15) is 6.04 Å². The topological polar surface area (TPSA) is 92.8 Å². The van der Waals surface area contributed by atoms with Crippen molar-refractivity contribution >= 4 is 33.7 Å². The minimum Gasteiger partial charge on any atom is -0.467 e. The van der Waals surface area contributed by atoms with Crippen LogP contribution in [-0.4, -0.2) is 62.1 Å². The predicted octanol–water partition coefficient (Wildman–Crippen LogP) is 6.20. The first-order chi connectivity index (χ1) is 19.7. The molecule has 7 nitrogen and oxygen atoms in total. The molecular formula is C32H46N2O5S2. The first-order valence-corrected chi connectivity index (χ1v) is 17.7. The van der Waals surface area contributed by atoms with Crippen molar-refractivity contribution in [3.8, 4) is 11.1 Å². The number of methoxy groups -OCH3 is 1. The van der Waals surface area contributed by atoms with Gasteiger partial charge in [-0.05, 0) is 78.5 Å². The van der Waals surface area contributed by atoms with Gasteiger partial charge in [0.25, 0.3) is 5.91 Å². The molecule has 1 aliphatic rings. The Balaban J connectivity index is 1.95. The fourth-order valence-electron chi connectivity index (χ4n) is 5.56. The molecule has 0 aliphatic heterocycles. The lowest BCUT2D eigenvalue weighted by atomic mass is 9.87. The van der Waals surface area contributed by atoms with Crippen LogP contribution in [0.5, 0.6) is 0 Å². The second-order valence-electron chi connectivity index (χ2n) is 11.0. The van der Waals surface area contributed by atoms with E-state index in [1.807, 2.05) is 56.5 Å². The Morgan fingerprint density at radius 3 is 2.49 bits per heavy atom. The number of rotatable bonds is 15. The highest BCUT2D eigenvalue weighted by atomic mass is 32.2. The lowest BCUT2D eigenvalue weighted by molar-refractivity contribution is -0.142. The van der Waals surface area contributed by atoms with Crippen LogP contribution in [0.2, 0.25) is 0 Å². The number of benzene rings is 2. The third-order valence-electron chi connectivity index (χ3n) is 7.89. The minimum atomic E-state index is -3.42. The number of carbonyl (C=O) groups is 2. The first-order valence-electron chi connectivity index (χ1n) is 14.7. The Labute approximate surface area is 250 Å². The van der Waals surface area contributed by atoms with E-state index in [9.17, 15) is 18.0 Å². The third-order valence-corrected chi connectivity index (χ3v) is 10.6. The fourth-order valence-corrected chi connectivity index (χ4v) is 7.53. The average Bonchev–Trinajstić information content (AvgIpc) is 2.97. The Morgan fingerprint density at radius 1 is 1.10 bits per heavy atom. The van der Waals surface area contributed by atoms with Crippen molar-refractivity contribution in [1.29, 1.82) is 0 Å². The minimum absolute atomic E-state index is 0.119. The molecule has 2 aromatic rings. The zero-order chi connectivity index (χ0) is 29.8. The molecule has 0 radical (unpaired) electrons. The van der Waals surface area contributed by atoms with Gasteiger partial charge in [-0.3, -0.25) is 4.79 Å². The smallest absolute Gasteiger partial charge is 0.328 e. The van der Waals surface area contributed by atoms with E-state index in [4.69, 9.17) is 4.74 Å². The van der Waals surface area contributed by atoms with Gasteiger partial charge in [0.15, 0.2) is 0 Å². The van der Waals surface area contributed by atoms with Crippen LogP contribution in [-0.2, 0) is 26.1 Å². The van der Waals surface area contributed by atoms with Crippen molar-refractivity contribution in [2.24, 2.45) is 5.92 Å². The number of esters is 1. The van der Waals surface area contributed by atoms with Gasteiger partial charge in [0.2, 0.25) is 10.0 Å². The van der Waals surface area contributed by atoms with Gasteiger partial charge in [0.05, 0.1) is 12.9 Å². The van der Waals surface area contributed by atoms with Crippen molar-refractivity contribution in [2.75, 3.05) is 31.4 Å². The standard InChI is InChI=1S/C32H46N2O5S2/c1-5-21-41(37,38)34(19-17-25-12-7-6-8-13-25)23-26-15-16-28(29(22-26)27-14-10-9-11-24(27)2)31(35)33-30(18-20-40-4)32(36)39-3/h9-11,14-16,22,25,30H,5-8,12-13,17-21,23H2,1-4H3,(H,33,35)/t30-/m0/s1. The Hall–Kier alpha value is -2.36. The molecule has 0 bridgehead atoms. The monoisotopic (exact) mass is 602 g/mol. The van der Waals surface area contributed by atoms with Crippen LogP contribution in [0.4, 0.5) is 0 Å². The maximum atomic E-state index is 13.6. The summed E-state index contributed by atoms with van der Waals surface area (Å²) in [6.45, 7) is 4.64. The number of thioether (sulfide) groups is 1. The van der Waals surface area contributed by atoms with Crippen LogP contribution >= 0.6 is 11.8 Å². The summed E-state index contributed by atoms with van der Waals surface area (Å²) in [6.07, 6.45) is 9.92. The fraction of sp³-hybridized carbons (Fsp3) is 0.562. The number of sulfonamides is 1. The number of hydrogen-bond donors (Lipinski definition) is 1. The van der Waals surface area contributed by atoms with E-state index in [0.717, 1.165) is 23.1 Å². The number of hydrogen-bond acceptors (Lipinski definition) is 6. The summed E-state index contributed by atoms with van der Waals surface area (Å²) in [4.78, 5) is 26.0. The van der Waals surface area contributed by atoms with Gasteiger partial charge < -0.3 is 10.1 Å². The summed E-state index contributed by atoms with van der Waals surface area (Å²) in [5.41, 5.74) is 3.87. The molecular weight excluding hydrogens is 556 g/mol. The summed E-state index contributed by atoms with van der Waals surface area (Å²) < 4.78 is 33.2. The molecule has 1 amide bonds. The SMILES string of the molecule is CCCS(=O)(=O)N(CCC1CCCCC1)Cc1ccc(C(=O)N[C@@H](CCSC)C(=O)OC)c(-c2ccccc2C)c1. The number of carbonyl (C=O) groups excluding carboxylic acids is 2. The molecule has 0 spiro atoms. The lowest BCUT2D eigenvalue weighted by Gasteiger charge is -2.27. The number of nitrogens with zero attached hydrogens (tertiary/aromatic N) is 1. The maximum Gasteiger partial charge on any atom is 0.328 e. The highest BCUT2D eigenvalue weighted by Gasteiger charge is 2.26. The van der Waals surface area contributed by atoms with E-state index in [2.05, 4.69) is 5.32 Å². The summed E-state index contributed by atoms with van der Waals surface area (Å²) in [7, 11) is -2.10. The molecule has 0 unspecified atom stereocenters. The molecule has 0 heterocycles.